The van der Waals surface area contributed by atoms with Crippen LogP contribution in [0.1, 0.15) is 30.4 Å². The van der Waals surface area contributed by atoms with Crippen molar-refractivity contribution in [1.82, 2.24) is 14.7 Å². The first kappa shape index (κ1) is 24.0. The standard InChI is InChI=1S/C26H33N3O5/c1-27(2)26(20-6-4-3-5-7-20)12-14-28(15-13-26)17-19-8-10-21(11-9-19)34-22-16-23(24(30)31)29(18-22)25(32)33/h3-11,22-23H,12-18H2,1-2H3,(H,30,31)(H,32,33)/t22-,23-/m0/s1. The summed E-state index contributed by atoms with van der Waals surface area (Å²) in [4.78, 5) is 28.4. The number of likely N-dealkylation sites (tertiary alicyclic amines) is 2. The number of rotatable bonds is 7. The van der Waals surface area contributed by atoms with Gasteiger partial charge in [-0.05, 0) is 50.2 Å². The van der Waals surface area contributed by atoms with E-state index in [9.17, 15) is 19.8 Å². The SMILES string of the molecule is CN(C)C1(c2ccccc2)CCN(Cc2ccc(O[C@H]3C[C@@H](C(=O)O)N(C(=O)O)C3)cc2)CC1. The Morgan fingerprint density at radius 2 is 1.68 bits per heavy atom. The number of hydrogen-bond acceptors (Lipinski definition) is 5. The lowest BCUT2D eigenvalue weighted by molar-refractivity contribution is -0.141. The molecule has 8 heteroatoms. The third-order valence-corrected chi connectivity index (χ3v) is 7.28. The lowest BCUT2D eigenvalue weighted by atomic mass is 9.79. The summed E-state index contributed by atoms with van der Waals surface area (Å²) in [5.41, 5.74) is 2.63. The van der Waals surface area contributed by atoms with E-state index in [0.717, 1.165) is 37.4 Å². The molecule has 0 aliphatic carbocycles. The smallest absolute Gasteiger partial charge is 0.408 e. The zero-order valence-electron chi connectivity index (χ0n) is 19.8. The number of amides is 1. The van der Waals surface area contributed by atoms with Gasteiger partial charge in [-0.3, -0.25) is 14.7 Å². The van der Waals surface area contributed by atoms with E-state index in [1.807, 2.05) is 24.3 Å². The second-order valence-electron chi connectivity index (χ2n) is 9.48. The number of ether oxygens (including phenoxy) is 1. The van der Waals surface area contributed by atoms with Gasteiger partial charge < -0.3 is 14.9 Å². The predicted octanol–water partition coefficient (Wildman–Crippen LogP) is 3.32. The van der Waals surface area contributed by atoms with E-state index in [-0.39, 0.29) is 18.5 Å². The minimum atomic E-state index is -1.24. The molecule has 2 fully saturated rings. The predicted molar refractivity (Wildman–Crippen MR) is 128 cm³/mol. The molecule has 2 atom stereocenters. The van der Waals surface area contributed by atoms with Crippen molar-refractivity contribution in [3.8, 4) is 5.75 Å². The van der Waals surface area contributed by atoms with Crippen LogP contribution < -0.4 is 4.74 Å². The van der Waals surface area contributed by atoms with Crippen LogP contribution >= 0.6 is 0 Å². The molecule has 0 aromatic heterocycles. The first-order chi connectivity index (χ1) is 16.3. The highest BCUT2D eigenvalue weighted by Gasteiger charge is 2.41. The zero-order chi connectivity index (χ0) is 24.3. The monoisotopic (exact) mass is 467 g/mol. The molecule has 4 rings (SSSR count). The molecule has 8 nitrogen and oxygen atoms in total. The van der Waals surface area contributed by atoms with Gasteiger partial charge in [0, 0.05) is 31.6 Å². The van der Waals surface area contributed by atoms with Gasteiger partial charge in [-0.15, -0.1) is 0 Å². The molecule has 2 heterocycles. The normalized spacial score (nSPS) is 22.6. The third kappa shape index (κ3) is 5.03. The summed E-state index contributed by atoms with van der Waals surface area (Å²) in [6.07, 6.45) is 0.574. The van der Waals surface area contributed by atoms with Crippen LogP contribution in [-0.4, -0.2) is 82.9 Å². The highest BCUT2D eigenvalue weighted by atomic mass is 16.5. The van der Waals surface area contributed by atoms with Crippen molar-refractivity contribution in [1.29, 1.82) is 0 Å². The maximum absolute atomic E-state index is 11.3. The van der Waals surface area contributed by atoms with E-state index in [4.69, 9.17) is 4.74 Å². The Morgan fingerprint density at radius 1 is 1.03 bits per heavy atom. The quantitative estimate of drug-likeness (QED) is 0.645. The van der Waals surface area contributed by atoms with Crippen molar-refractivity contribution in [3.05, 3.63) is 65.7 Å². The van der Waals surface area contributed by atoms with Gasteiger partial charge in [0.15, 0.2) is 0 Å². The number of benzene rings is 2. The van der Waals surface area contributed by atoms with Crippen LogP contribution in [0.3, 0.4) is 0 Å². The average molecular weight is 468 g/mol. The lowest BCUT2D eigenvalue weighted by Crippen LogP contribution is -2.50. The Kier molecular flexibility index (Phi) is 7.09. The van der Waals surface area contributed by atoms with Crippen LogP contribution in [0.15, 0.2) is 54.6 Å². The molecule has 0 bridgehead atoms. The number of nitrogens with zero attached hydrogens (tertiary/aromatic N) is 3. The summed E-state index contributed by atoms with van der Waals surface area (Å²) < 4.78 is 5.90. The zero-order valence-corrected chi connectivity index (χ0v) is 19.8. The Labute approximate surface area is 200 Å². The molecule has 2 aliphatic heterocycles. The largest absolute Gasteiger partial charge is 0.488 e. The molecule has 0 saturated carbocycles. The van der Waals surface area contributed by atoms with Gasteiger partial charge in [0.25, 0.3) is 0 Å². The highest BCUT2D eigenvalue weighted by Crippen LogP contribution is 2.37. The van der Waals surface area contributed by atoms with Crippen LogP contribution in [0.2, 0.25) is 0 Å². The molecule has 2 aliphatic rings. The topological polar surface area (TPSA) is 93.6 Å². The van der Waals surface area contributed by atoms with Crippen molar-refractivity contribution in [2.45, 2.75) is 43.5 Å². The number of carboxylic acids is 1. The van der Waals surface area contributed by atoms with Crippen molar-refractivity contribution < 1.29 is 24.5 Å². The summed E-state index contributed by atoms with van der Waals surface area (Å²) in [6, 6.07) is 17.5. The second kappa shape index (κ2) is 10.0. The van der Waals surface area contributed by atoms with Gasteiger partial charge >= 0.3 is 12.1 Å². The minimum absolute atomic E-state index is 0.0524. The van der Waals surface area contributed by atoms with Crippen molar-refractivity contribution in [2.75, 3.05) is 33.7 Å². The summed E-state index contributed by atoms with van der Waals surface area (Å²) in [6.45, 7) is 2.93. The number of hydrogen-bond donors (Lipinski definition) is 2. The Bertz CT molecular complexity index is 965. The highest BCUT2D eigenvalue weighted by molar-refractivity contribution is 5.80. The van der Waals surface area contributed by atoms with Gasteiger partial charge in [-0.25, -0.2) is 9.59 Å². The molecule has 0 spiro atoms. The maximum Gasteiger partial charge on any atom is 0.408 e. The molecule has 182 valence electrons. The summed E-state index contributed by atoms with van der Waals surface area (Å²) in [5, 5.41) is 18.5. The van der Waals surface area contributed by atoms with Crippen LogP contribution in [-0.2, 0) is 16.9 Å². The Morgan fingerprint density at radius 3 is 2.21 bits per heavy atom. The van der Waals surface area contributed by atoms with E-state index < -0.39 is 24.2 Å². The first-order valence-corrected chi connectivity index (χ1v) is 11.7. The summed E-state index contributed by atoms with van der Waals surface area (Å²) >= 11 is 0. The summed E-state index contributed by atoms with van der Waals surface area (Å²) in [7, 11) is 4.33. The van der Waals surface area contributed by atoms with Gasteiger partial charge in [-0.2, -0.15) is 0 Å². The Hall–Kier alpha value is -3.10. The van der Waals surface area contributed by atoms with Crippen molar-refractivity contribution in [2.24, 2.45) is 0 Å². The van der Waals surface area contributed by atoms with Crippen LogP contribution in [0.25, 0.3) is 0 Å². The summed E-state index contributed by atoms with van der Waals surface area (Å²) in [5.74, 6) is -0.518. The lowest BCUT2D eigenvalue weighted by Gasteiger charge is -2.46. The van der Waals surface area contributed by atoms with Crippen LogP contribution in [0, 0.1) is 0 Å². The molecule has 2 N–H and O–H groups in total. The maximum atomic E-state index is 11.3. The number of carbonyl (C=O) groups is 2. The fourth-order valence-corrected chi connectivity index (χ4v) is 5.28. The molecule has 34 heavy (non-hydrogen) atoms. The molecule has 2 saturated heterocycles. The van der Waals surface area contributed by atoms with Crippen molar-refractivity contribution in [3.63, 3.8) is 0 Å². The molecule has 2 aromatic carbocycles. The van der Waals surface area contributed by atoms with E-state index in [1.165, 1.54) is 11.1 Å². The number of carboxylic acid groups (broad SMARTS) is 2. The van der Waals surface area contributed by atoms with Crippen LogP contribution in [0.5, 0.6) is 5.75 Å². The number of aliphatic carboxylic acids is 1. The van der Waals surface area contributed by atoms with Gasteiger partial charge in [-0.1, -0.05) is 42.5 Å². The fraction of sp³-hybridized carbons (Fsp3) is 0.462. The Balaban J connectivity index is 1.33. The molecular weight excluding hydrogens is 434 g/mol. The average Bonchev–Trinajstić information content (AvgIpc) is 3.26. The second-order valence-corrected chi connectivity index (χ2v) is 9.48. The number of piperidine rings is 1. The molecule has 1 amide bonds. The van der Waals surface area contributed by atoms with E-state index in [1.54, 1.807) is 0 Å². The van der Waals surface area contributed by atoms with E-state index >= 15 is 0 Å². The van der Waals surface area contributed by atoms with Gasteiger partial charge in [0.1, 0.15) is 17.9 Å². The van der Waals surface area contributed by atoms with E-state index in [0.29, 0.717) is 5.75 Å². The molecule has 2 aromatic rings. The van der Waals surface area contributed by atoms with Gasteiger partial charge in [0.05, 0.1) is 6.54 Å². The molecule has 0 unspecified atom stereocenters. The first-order valence-electron chi connectivity index (χ1n) is 11.7. The van der Waals surface area contributed by atoms with Crippen LogP contribution in [0.4, 0.5) is 4.79 Å². The van der Waals surface area contributed by atoms with Crippen molar-refractivity contribution >= 4 is 12.1 Å². The third-order valence-electron chi connectivity index (χ3n) is 7.28. The van der Waals surface area contributed by atoms with E-state index in [2.05, 4.69) is 54.2 Å². The fourth-order valence-electron chi connectivity index (χ4n) is 5.28. The molecule has 0 radical (unpaired) electrons. The molecular formula is C26H33N3O5. The minimum Gasteiger partial charge on any atom is -0.488 e. The van der Waals surface area contributed by atoms with Gasteiger partial charge in [0.2, 0.25) is 0 Å².